The van der Waals surface area contributed by atoms with Crippen LogP contribution in [0.25, 0.3) is 0 Å². The van der Waals surface area contributed by atoms with Crippen LogP contribution < -0.4 is 10.1 Å². The summed E-state index contributed by atoms with van der Waals surface area (Å²) in [6.45, 7) is 0.245. The highest BCUT2D eigenvalue weighted by molar-refractivity contribution is 5.77. The second-order valence-electron chi connectivity index (χ2n) is 3.90. The van der Waals surface area contributed by atoms with E-state index in [0.717, 1.165) is 5.69 Å². The minimum Gasteiger partial charge on any atom is -0.484 e. The van der Waals surface area contributed by atoms with Crippen LogP contribution in [-0.2, 0) is 11.3 Å². The molecule has 6 heteroatoms. The minimum atomic E-state index is -0.243. The second kappa shape index (κ2) is 6.85. The number of nitriles is 1. The number of carbonyl (C=O) groups excluding carboxylic acids is 1. The number of nitrogens with zero attached hydrogens (tertiary/aromatic N) is 3. The highest BCUT2D eigenvalue weighted by atomic mass is 16.5. The summed E-state index contributed by atoms with van der Waals surface area (Å²) in [5.41, 5.74) is 1.28. The molecule has 0 spiro atoms. The van der Waals surface area contributed by atoms with Crippen molar-refractivity contribution in [2.75, 3.05) is 6.61 Å². The van der Waals surface area contributed by atoms with E-state index in [4.69, 9.17) is 10.00 Å². The smallest absolute Gasteiger partial charge is 0.258 e. The second-order valence-corrected chi connectivity index (χ2v) is 3.90. The van der Waals surface area contributed by atoms with E-state index in [-0.39, 0.29) is 12.5 Å². The third-order valence-corrected chi connectivity index (χ3v) is 2.46. The fourth-order valence-electron chi connectivity index (χ4n) is 1.44. The molecular formula is C14H12N4O2. The standard InChI is InChI=1S/C14H12N4O2/c15-7-11-1-3-13(4-2-11)20-9-14(19)17-8-12-5-6-16-10-18-12/h1-6,10H,8-9H2,(H,17,19). The summed E-state index contributed by atoms with van der Waals surface area (Å²) in [6.07, 6.45) is 3.04. The molecule has 1 amide bonds. The van der Waals surface area contributed by atoms with Crippen molar-refractivity contribution >= 4 is 5.91 Å². The molecule has 20 heavy (non-hydrogen) atoms. The molecular weight excluding hydrogens is 256 g/mol. The lowest BCUT2D eigenvalue weighted by atomic mass is 10.2. The van der Waals surface area contributed by atoms with E-state index in [2.05, 4.69) is 15.3 Å². The molecule has 2 aromatic rings. The van der Waals surface area contributed by atoms with Crippen LogP contribution in [-0.4, -0.2) is 22.5 Å². The number of ether oxygens (including phenoxy) is 1. The zero-order valence-electron chi connectivity index (χ0n) is 10.6. The molecule has 0 aliphatic carbocycles. The van der Waals surface area contributed by atoms with Crippen LogP contribution in [0.1, 0.15) is 11.3 Å². The molecule has 6 nitrogen and oxygen atoms in total. The van der Waals surface area contributed by atoms with Crippen molar-refractivity contribution in [1.29, 1.82) is 5.26 Å². The van der Waals surface area contributed by atoms with Crippen molar-refractivity contribution in [3.63, 3.8) is 0 Å². The van der Waals surface area contributed by atoms with Crippen molar-refractivity contribution in [2.45, 2.75) is 6.54 Å². The summed E-state index contributed by atoms with van der Waals surface area (Å²) < 4.78 is 5.30. The Morgan fingerprint density at radius 2 is 2.10 bits per heavy atom. The van der Waals surface area contributed by atoms with Gasteiger partial charge in [0, 0.05) is 6.20 Å². The average molecular weight is 268 g/mol. The van der Waals surface area contributed by atoms with Crippen molar-refractivity contribution < 1.29 is 9.53 Å². The van der Waals surface area contributed by atoms with Crippen molar-refractivity contribution in [2.24, 2.45) is 0 Å². The van der Waals surface area contributed by atoms with Gasteiger partial charge in [0.15, 0.2) is 6.61 Å². The summed E-state index contributed by atoms with van der Waals surface area (Å²) in [4.78, 5) is 19.4. The Hall–Kier alpha value is -2.94. The van der Waals surface area contributed by atoms with Crippen molar-refractivity contribution in [3.8, 4) is 11.8 Å². The number of carbonyl (C=O) groups is 1. The molecule has 2 rings (SSSR count). The Balaban J connectivity index is 1.76. The first-order valence-corrected chi connectivity index (χ1v) is 5.92. The summed E-state index contributed by atoms with van der Waals surface area (Å²) in [6, 6.07) is 10.3. The quantitative estimate of drug-likeness (QED) is 0.875. The third kappa shape index (κ3) is 4.07. The molecule has 0 radical (unpaired) electrons. The monoisotopic (exact) mass is 268 g/mol. The van der Waals surface area contributed by atoms with E-state index in [1.165, 1.54) is 6.33 Å². The molecule has 0 saturated heterocycles. The third-order valence-electron chi connectivity index (χ3n) is 2.46. The zero-order valence-corrected chi connectivity index (χ0v) is 10.6. The number of benzene rings is 1. The van der Waals surface area contributed by atoms with Crippen molar-refractivity contribution in [3.05, 3.63) is 54.1 Å². The Kier molecular flexibility index (Phi) is 4.62. The van der Waals surface area contributed by atoms with Gasteiger partial charge >= 0.3 is 0 Å². The zero-order chi connectivity index (χ0) is 14.2. The minimum absolute atomic E-state index is 0.0863. The van der Waals surface area contributed by atoms with Crippen molar-refractivity contribution in [1.82, 2.24) is 15.3 Å². The molecule has 0 bridgehead atoms. The molecule has 0 atom stereocenters. The van der Waals surface area contributed by atoms with Gasteiger partial charge in [0.2, 0.25) is 0 Å². The van der Waals surface area contributed by atoms with Gasteiger partial charge in [-0.1, -0.05) is 0 Å². The fraction of sp³-hybridized carbons (Fsp3) is 0.143. The average Bonchev–Trinajstić information content (AvgIpc) is 2.52. The van der Waals surface area contributed by atoms with Gasteiger partial charge in [0.25, 0.3) is 5.91 Å². The number of aromatic nitrogens is 2. The van der Waals surface area contributed by atoms with E-state index in [1.54, 1.807) is 36.5 Å². The number of rotatable bonds is 5. The SMILES string of the molecule is N#Cc1ccc(OCC(=O)NCc2ccncn2)cc1. The predicted octanol–water partition coefficient (Wildman–Crippen LogP) is 1.04. The molecule has 1 aromatic carbocycles. The first kappa shape index (κ1) is 13.5. The lowest BCUT2D eigenvalue weighted by molar-refractivity contribution is -0.123. The number of nitrogens with one attached hydrogen (secondary N) is 1. The van der Waals surface area contributed by atoms with E-state index < -0.39 is 0 Å². The summed E-state index contributed by atoms with van der Waals surface area (Å²) in [5.74, 6) is 0.300. The molecule has 0 unspecified atom stereocenters. The van der Waals surface area contributed by atoms with E-state index in [9.17, 15) is 4.79 Å². The lowest BCUT2D eigenvalue weighted by Gasteiger charge is -2.07. The first-order chi connectivity index (χ1) is 9.78. The topological polar surface area (TPSA) is 87.9 Å². The van der Waals surface area contributed by atoms with E-state index in [1.807, 2.05) is 6.07 Å². The highest BCUT2D eigenvalue weighted by Gasteiger charge is 2.03. The molecule has 1 aromatic heterocycles. The molecule has 1 heterocycles. The maximum atomic E-state index is 11.6. The van der Waals surface area contributed by atoms with Crippen LogP contribution in [0, 0.1) is 11.3 Å². The summed E-state index contributed by atoms with van der Waals surface area (Å²) in [5, 5.41) is 11.3. The molecule has 0 saturated carbocycles. The fourth-order valence-corrected chi connectivity index (χ4v) is 1.44. The van der Waals surface area contributed by atoms with Crippen LogP contribution in [0.3, 0.4) is 0 Å². The Labute approximate surface area is 116 Å². The molecule has 0 aliphatic heterocycles. The van der Waals surface area contributed by atoms with Gasteiger partial charge in [-0.15, -0.1) is 0 Å². The molecule has 100 valence electrons. The Morgan fingerprint density at radius 1 is 1.30 bits per heavy atom. The van der Waals surface area contributed by atoms with E-state index >= 15 is 0 Å². The maximum Gasteiger partial charge on any atom is 0.258 e. The molecule has 0 aliphatic rings. The van der Waals surface area contributed by atoms with Gasteiger partial charge in [0.05, 0.1) is 23.9 Å². The molecule has 0 fully saturated rings. The van der Waals surface area contributed by atoms with Gasteiger partial charge < -0.3 is 10.1 Å². The number of hydrogen-bond donors (Lipinski definition) is 1. The number of amides is 1. The molecule has 1 N–H and O–H groups in total. The summed E-state index contributed by atoms with van der Waals surface area (Å²) >= 11 is 0. The normalized spacial score (nSPS) is 9.55. The largest absolute Gasteiger partial charge is 0.484 e. The van der Waals surface area contributed by atoms with Crippen LogP contribution in [0.5, 0.6) is 5.75 Å². The van der Waals surface area contributed by atoms with Gasteiger partial charge in [-0.2, -0.15) is 5.26 Å². The maximum absolute atomic E-state index is 11.6. The first-order valence-electron chi connectivity index (χ1n) is 5.92. The lowest BCUT2D eigenvalue weighted by Crippen LogP contribution is -2.28. The number of hydrogen-bond acceptors (Lipinski definition) is 5. The van der Waals surface area contributed by atoms with Gasteiger partial charge in [-0.25, -0.2) is 9.97 Å². The highest BCUT2D eigenvalue weighted by Crippen LogP contribution is 2.11. The van der Waals surface area contributed by atoms with Crippen LogP contribution in [0.4, 0.5) is 0 Å². The van der Waals surface area contributed by atoms with Gasteiger partial charge in [0.1, 0.15) is 12.1 Å². The van der Waals surface area contributed by atoms with Gasteiger partial charge in [-0.3, -0.25) is 4.79 Å². The van der Waals surface area contributed by atoms with E-state index in [0.29, 0.717) is 17.9 Å². The van der Waals surface area contributed by atoms with Crippen LogP contribution in [0.15, 0.2) is 42.9 Å². The van der Waals surface area contributed by atoms with Gasteiger partial charge in [-0.05, 0) is 30.3 Å². The Morgan fingerprint density at radius 3 is 2.75 bits per heavy atom. The van der Waals surface area contributed by atoms with Crippen LogP contribution >= 0.6 is 0 Å². The Bertz CT molecular complexity index is 605. The van der Waals surface area contributed by atoms with Crippen LogP contribution in [0.2, 0.25) is 0 Å². The summed E-state index contributed by atoms with van der Waals surface area (Å²) in [7, 11) is 0. The predicted molar refractivity (Wildman–Crippen MR) is 70.5 cm³/mol.